The Morgan fingerprint density at radius 3 is 2.38 bits per heavy atom. The molecule has 1 aromatic heterocycles. The number of halogens is 1. The van der Waals surface area contributed by atoms with E-state index in [4.69, 9.17) is 11.6 Å². The van der Waals surface area contributed by atoms with Crippen LogP contribution in [0.5, 0.6) is 0 Å². The fourth-order valence-corrected chi connectivity index (χ4v) is 1.20. The second-order valence-electron chi connectivity index (χ2n) is 2.62. The second kappa shape index (κ2) is 3.54. The number of aromatic nitrogens is 2. The standard InChI is InChI=1S/C10H7ClN2/c11-9-5-3-8(4-6-9)10-2-1-7-12-13-10/h1-7H. The maximum absolute atomic E-state index is 5.76. The van der Waals surface area contributed by atoms with Crippen molar-refractivity contribution in [3.63, 3.8) is 0 Å². The van der Waals surface area contributed by atoms with Crippen molar-refractivity contribution in [2.24, 2.45) is 0 Å². The molecule has 0 radical (unpaired) electrons. The summed E-state index contributed by atoms with van der Waals surface area (Å²) in [5.74, 6) is 0. The lowest BCUT2D eigenvalue weighted by Crippen LogP contribution is -1.84. The van der Waals surface area contributed by atoms with Gasteiger partial charge in [0.25, 0.3) is 0 Å². The highest BCUT2D eigenvalue weighted by Crippen LogP contribution is 2.18. The van der Waals surface area contributed by atoms with Crippen LogP contribution in [0.3, 0.4) is 0 Å². The van der Waals surface area contributed by atoms with E-state index >= 15 is 0 Å². The van der Waals surface area contributed by atoms with Gasteiger partial charge < -0.3 is 0 Å². The average Bonchev–Trinajstić information content (AvgIpc) is 2.20. The van der Waals surface area contributed by atoms with E-state index in [1.165, 1.54) is 0 Å². The highest BCUT2D eigenvalue weighted by Gasteiger charge is 1.97. The summed E-state index contributed by atoms with van der Waals surface area (Å²) in [7, 11) is 0. The van der Waals surface area contributed by atoms with Gasteiger partial charge in [0.1, 0.15) is 0 Å². The van der Waals surface area contributed by atoms with Crippen LogP contribution in [0.25, 0.3) is 11.3 Å². The summed E-state index contributed by atoms with van der Waals surface area (Å²) in [5.41, 5.74) is 1.89. The SMILES string of the molecule is Clc1ccc(-c2cccnn2)cc1. The zero-order valence-electron chi connectivity index (χ0n) is 6.81. The van der Waals surface area contributed by atoms with E-state index in [9.17, 15) is 0 Å². The van der Waals surface area contributed by atoms with E-state index < -0.39 is 0 Å². The first-order valence-electron chi connectivity index (χ1n) is 3.90. The first-order chi connectivity index (χ1) is 6.36. The van der Waals surface area contributed by atoms with Gasteiger partial charge in [-0.05, 0) is 24.3 Å². The van der Waals surface area contributed by atoms with Gasteiger partial charge in [-0.25, -0.2) is 0 Å². The molecule has 0 bridgehead atoms. The van der Waals surface area contributed by atoms with Crippen LogP contribution in [0.1, 0.15) is 0 Å². The van der Waals surface area contributed by atoms with E-state index in [-0.39, 0.29) is 0 Å². The third-order valence-electron chi connectivity index (χ3n) is 1.71. The van der Waals surface area contributed by atoms with Crippen molar-refractivity contribution in [1.82, 2.24) is 10.2 Å². The highest BCUT2D eigenvalue weighted by atomic mass is 35.5. The van der Waals surface area contributed by atoms with Gasteiger partial charge in [0.15, 0.2) is 0 Å². The molecular weight excluding hydrogens is 184 g/mol. The summed E-state index contributed by atoms with van der Waals surface area (Å²) in [5, 5.41) is 8.52. The normalized spacial score (nSPS) is 9.92. The Morgan fingerprint density at radius 1 is 1.00 bits per heavy atom. The minimum Gasteiger partial charge on any atom is -0.159 e. The van der Waals surface area contributed by atoms with Crippen molar-refractivity contribution in [2.45, 2.75) is 0 Å². The predicted octanol–water partition coefficient (Wildman–Crippen LogP) is 2.80. The molecule has 3 heteroatoms. The van der Waals surface area contributed by atoms with Gasteiger partial charge in [0.05, 0.1) is 5.69 Å². The van der Waals surface area contributed by atoms with Crippen LogP contribution in [0, 0.1) is 0 Å². The summed E-state index contributed by atoms with van der Waals surface area (Å²) in [4.78, 5) is 0. The van der Waals surface area contributed by atoms with Crippen molar-refractivity contribution < 1.29 is 0 Å². The van der Waals surface area contributed by atoms with Crippen LogP contribution >= 0.6 is 11.6 Å². The van der Waals surface area contributed by atoms with Crippen molar-refractivity contribution in [3.05, 3.63) is 47.6 Å². The largest absolute Gasteiger partial charge is 0.159 e. The zero-order valence-corrected chi connectivity index (χ0v) is 7.57. The quantitative estimate of drug-likeness (QED) is 0.691. The van der Waals surface area contributed by atoms with Crippen molar-refractivity contribution in [2.75, 3.05) is 0 Å². The topological polar surface area (TPSA) is 25.8 Å². The summed E-state index contributed by atoms with van der Waals surface area (Å²) in [6, 6.07) is 11.3. The van der Waals surface area contributed by atoms with Gasteiger partial charge in [-0.2, -0.15) is 10.2 Å². The summed E-state index contributed by atoms with van der Waals surface area (Å²) >= 11 is 5.76. The molecule has 0 unspecified atom stereocenters. The molecule has 0 saturated carbocycles. The second-order valence-corrected chi connectivity index (χ2v) is 3.05. The molecule has 0 aliphatic heterocycles. The monoisotopic (exact) mass is 190 g/mol. The van der Waals surface area contributed by atoms with E-state index in [1.54, 1.807) is 6.20 Å². The third-order valence-corrected chi connectivity index (χ3v) is 1.96. The summed E-state index contributed by atoms with van der Waals surface area (Å²) in [6.45, 7) is 0. The van der Waals surface area contributed by atoms with E-state index in [0.717, 1.165) is 16.3 Å². The molecule has 0 saturated heterocycles. The number of nitrogens with zero attached hydrogens (tertiary/aromatic N) is 2. The van der Waals surface area contributed by atoms with Crippen molar-refractivity contribution >= 4 is 11.6 Å². The van der Waals surface area contributed by atoms with Gasteiger partial charge >= 0.3 is 0 Å². The number of benzene rings is 1. The van der Waals surface area contributed by atoms with Crippen LogP contribution in [-0.4, -0.2) is 10.2 Å². The minimum atomic E-state index is 0.729. The smallest absolute Gasteiger partial charge is 0.0929 e. The summed E-state index contributed by atoms with van der Waals surface area (Å²) in [6.07, 6.45) is 1.65. The molecule has 1 aromatic carbocycles. The first kappa shape index (κ1) is 8.20. The van der Waals surface area contributed by atoms with Crippen molar-refractivity contribution in [3.8, 4) is 11.3 Å². The Morgan fingerprint density at radius 2 is 1.77 bits per heavy atom. The maximum atomic E-state index is 5.76. The molecule has 2 rings (SSSR count). The van der Waals surface area contributed by atoms with Gasteiger partial charge in [-0.1, -0.05) is 23.7 Å². The third kappa shape index (κ3) is 1.84. The molecule has 0 aliphatic carbocycles. The number of rotatable bonds is 1. The van der Waals surface area contributed by atoms with Crippen LogP contribution in [0.4, 0.5) is 0 Å². The highest BCUT2D eigenvalue weighted by molar-refractivity contribution is 6.30. The van der Waals surface area contributed by atoms with E-state index in [0.29, 0.717) is 0 Å². The van der Waals surface area contributed by atoms with Crippen LogP contribution in [0.15, 0.2) is 42.6 Å². The molecule has 0 amide bonds. The maximum Gasteiger partial charge on any atom is 0.0929 e. The molecule has 2 aromatic rings. The molecule has 2 nitrogen and oxygen atoms in total. The van der Waals surface area contributed by atoms with Crippen LogP contribution in [0.2, 0.25) is 5.02 Å². The Kier molecular flexibility index (Phi) is 2.23. The lowest BCUT2D eigenvalue weighted by molar-refractivity contribution is 1.04. The average molecular weight is 191 g/mol. The molecule has 13 heavy (non-hydrogen) atoms. The van der Waals surface area contributed by atoms with Gasteiger partial charge in [0, 0.05) is 16.8 Å². The molecule has 0 N–H and O–H groups in total. The molecule has 0 spiro atoms. The van der Waals surface area contributed by atoms with Gasteiger partial charge in [0.2, 0.25) is 0 Å². The lowest BCUT2D eigenvalue weighted by Gasteiger charge is -1.97. The fourth-order valence-electron chi connectivity index (χ4n) is 1.08. The zero-order chi connectivity index (χ0) is 9.10. The molecule has 0 atom stereocenters. The van der Waals surface area contributed by atoms with E-state index in [2.05, 4.69) is 10.2 Å². The first-order valence-corrected chi connectivity index (χ1v) is 4.28. The Bertz CT molecular complexity index is 383. The lowest BCUT2D eigenvalue weighted by atomic mass is 10.1. The molecule has 0 aliphatic rings. The van der Waals surface area contributed by atoms with Crippen molar-refractivity contribution in [1.29, 1.82) is 0 Å². The summed E-state index contributed by atoms with van der Waals surface area (Å²) < 4.78 is 0. The Balaban J connectivity index is 2.42. The minimum absolute atomic E-state index is 0.729. The van der Waals surface area contributed by atoms with Gasteiger partial charge in [-0.15, -0.1) is 0 Å². The molecular formula is C10H7ClN2. The van der Waals surface area contributed by atoms with Crippen LogP contribution < -0.4 is 0 Å². The fraction of sp³-hybridized carbons (Fsp3) is 0. The Labute approximate surface area is 81.2 Å². The molecule has 0 fully saturated rings. The molecule has 64 valence electrons. The van der Waals surface area contributed by atoms with E-state index in [1.807, 2.05) is 36.4 Å². The number of hydrogen-bond acceptors (Lipinski definition) is 2. The predicted molar refractivity (Wildman–Crippen MR) is 52.5 cm³/mol. The Hall–Kier alpha value is -1.41. The molecule has 1 heterocycles. The van der Waals surface area contributed by atoms with Gasteiger partial charge in [-0.3, -0.25) is 0 Å². The van der Waals surface area contributed by atoms with Crippen LogP contribution in [-0.2, 0) is 0 Å². The number of hydrogen-bond donors (Lipinski definition) is 0.